The largest absolute Gasteiger partial charge is 0.0588 e. The SMILES string of the molecule is CC1(C)C(C)(C)C1(C)C.[B]. The zero-order valence-corrected chi connectivity index (χ0v) is 8.08. The first-order valence-corrected chi connectivity index (χ1v) is 3.75. The lowest BCUT2D eigenvalue weighted by Gasteiger charge is -2.03. The first-order chi connectivity index (χ1) is 3.75. The summed E-state index contributed by atoms with van der Waals surface area (Å²) in [5.74, 6) is 0. The van der Waals surface area contributed by atoms with Gasteiger partial charge in [0.25, 0.3) is 0 Å². The molecule has 0 aromatic rings. The quantitative estimate of drug-likeness (QED) is 0.450. The van der Waals surface area contributed by atoms with E-state index in [-0.39, 0.29) is 8.41 Å². The average molecular weight is 137 g/mol. The third-order valence-corrected chi connectivity index (χ3v) is 4.62. The van der Waals surface area contributed by atoms with Crippen molar-refractivity contribution in [1.29, 1.82) is 0 Å². The fourth-order valence-corrected chi connectivity index (χ4v) is 1.88. The molecule has 0 nitrogen and oxygen atoms in total. The standard InChI is InChI=1S/C9H18.B/c1-7(2)8(3,4)9(7,5)6;/h1-6H3;. The van der Waals surface area contributed by atoms with Crippen molar-refractivity contribution >= 4 is 8.41 Å². The molecule has 0 amide bonds. The van der Waals surface area contributed by atoms with Crippen molar-refractivity contribution in [3.8, 4) is 0 Å². The average Bonchev–Trinajstić information content (AvgIpc) is 1.84. The van der Waals surface area contributed by atoms with E-state index < -0.39 is 0 Å². The van der Waals surface area contributed by atoms with E-state index >= 15 is 0 Å². The summed E-state index contributed by atoms with van der Waals surface area (Å²) in [6, 6.07) is 0. The van der Waals surface area contributed by atoms with Crippen molar-refractivity contribution in [1.82, 2.24) is 0 Å². The van der Waals surface area contributed by atoms with E-state index in [1.54, 1.807) is 0 Å². The van der Waals surface area contributed by atoms with Crippen LogP contribution >= 0.6 is 0 Å². The molecule has 1 aliphatic rings. The van der Waals surface area contributed by atoms with E-state index in [4.69, 9.17) is 0 Å². The number of hydrogen-bond donors (Lipinski definition) is 0. The van der Waals surface area contributed by atoms with Crippen molar-refractivity contribution in [2.45, 2.75) is 41.5 Å². The van der Waals surface area contributed by atoms with E-state index in [1.165, 1.54) is 0 Å². The van der Waals surface area contributed by atoms with E-state index in [0.29, 0.717) is 16.2 Å². The van der Waals surface area contributed by atoms with Gasteiger partial charge >= 0.3 is 0 Å². The molecule has 10 heavy (non-hydrogen) atoms. The lowest BCUT2D eigenvalue weighted by atomic mass is 10.0. The van der Waals surface area contributed by atoms with Crippen LogP contribution in [0.2, 0.25) is 0 Å². The molecule has 0 N–H and O–H groups in total. The Bertz CT molecular complexity index is 102. The second-order valence-corrected chi connectivity index (χ2v) is 4.88. The zero-order chi connectivity index (χ0) is 7.50. The molecule has 3 radical (unpaired) electrons. The van der Waals surface area contributed by atoms with Gasteiger partial charge in [-0.3, -0.25) is 0 Å². The summed E-state index contributed by atoms with van der Waals surface area (Å²) >= 11 is 0. The highest BCUT2D eigenvalue weighted by molar-refractivity contribution is 5.75. The van der Waals surface area contributed by atoms with Crippen LogP contribution in [0.15, 0.2) is 0 Å². The molecule has 1 heteroatoms. The molecule has 0 bridgehead atoms. The third kappa shape index (κ3) is 0.641. The molecule has 1 rings (SSSR count). The van der Waals surface area contributed by atoms with E-state index in [2.05, 4.69) is 41.5 Å². The highest BCUT2D eigenvalue weighted by Crippen LogP contribution is 2.77. The number of rotatable bonds is 0. The first-order valence-electron chi connectivity index (χ1n) is 3.75. The third-order valence-electron chi connectivity index (χ3n) is 4.62. The van der Waals surface area contributed by atoms with Gasteiger partial charge in [0.2, 0.25) is 0 Å². The molecule has 0 aliphatic heterocycles. The normalized spacial score (nSPS) is 30.6. The van der Waals surface area contributed by atoms with Crippen LogP contribution in [-0.2, 0) is 0 Å². The number of hydrogen-bond acceptors (Lipinski definition) is 0. The van der Waals surface area contributed by atoms with Crippen LogP contribution in [0.25, 0.3) is 0 Å². The minimum atomic E-state index is 0. The Morgan fingerprint density at radius 3 is 0.600 bits per heavy atom. The molecule has 0 unspecified atom stereocenters. The van der Waals surface area contributed by atoms with Gasteiger partial charge in [0.15, 0.2) is 0 Å². The van der Waals surface area contributed by atoms with Gasteiger partial charge in [-0.05, 0) is 16.2 Å². The summed E-state index contributed by atoms with van der Waals surface area (Å²) in [7, 11) is 0. The summed E-state index contributed by atoms with van der Waals surface area (Å²) in [5, 5.41) is 0. The Balaban J connectivity index is 0.000000810. The Kier molecular flexibility index (Phi) is 1.82. The van der Waals surface area contributed by atoms with E-state index in [1.807, 2.05) is 0 Å². The smallest absolute Gasteiger partial charge is 0 e. The monoisotopic (exact) mass is 137 g/mol. The van der Waals surface area contributed by atoms with Crippen LogP contribution in [0.1, 0.15) is 41.5 Å². The minimum absolute atomic E-state index is 0. The van der Waals surface area contributed by atoms with Gasteiger partial charge in [-0.15, -0.1) is 0 Å². The minimum Gasteiger partial charge on any atom is -0.0588 e. The maximum Gasteiger partial charge on any atom is 0 e. The molecule has 0 spiro atoms. The molecule has 1 aliphatic carbocycles. The van der Waals surface area contributed by atoms with Crippen LogP contribution in [0.4, 0.5) is 0 Å². The molecule has 0 heterocycles. The molecule has 0 atom stereocenters. The predicted molar refractivity (Wildman–Crippen MR) is 47.1 cm³/mol. The maximum atomic E-state index is 2.35. The highest BCUT2D eigenvalue weighted by Gasteiger charge is 2.70. The van der Waals surface area contributed by atoms with Crippen LogP contribution in [-0.4, -0.2) is 8.41 Å². The maximum absolute atomic E-state index is 2.35. The molecular formula is C9H18B. The molecule has 57 valence electrons. The highest BCUT2D eigenvalue weighted by atomic mass is 14.7. The second kappa shape index (κ2) is 1.81. The zero-order valence-electron chi connectivity index (χ0n) is 8.08. The fraction of sp³-hybridized carbons (Fsp3) is 1.00. The Morgan fingerprint density at radius 2 is 0.600 bits per heavy atom. The Labute approximate surface area is 67.0 Å². The second-order valence-electron chi connectivity index (χ2n) is 4.88. The van der Waals surface area contributed by atoms with Gasteiger partial charge in [0, 0.05) is 8.41 Å². The Hall–Kier alpha value is 0.0649. The van der Waals surface area contributed by atoms with Gasteiger partial charge < -0.3 is 0 Å². The first kappa shape index (κ1) is 10.1. The van der Waals surface area contributed by atoms with Gasteiger partial charge in [-0.1, -0.05) is 41.5 Å². The van der Waals surface area contributed by atoms with Crippen LogP contribution in [0.3, 0.4) is 0 Å². The fourth-order valence-electron chi connectivity index (χ4n) is 1.88. The molecule has 1 fully saturated rings. The molecule has 0 saturated heterocycles. The van der Waals surface area contributed by atoms with Crippen molar-refractivity contribution in [3.63, 3.8) is 0 Å². The Morgan fingerprint density at radius 1 is 0.500 bits per heavy atom. The summed E-state index contributed by atoms with van der Waals surface area (Å²) in [4.78, 5) is 0. The van der Waals surface area contributed by atoms with Crippen LogP contribution < -0.4 is 0 Å². The molecule has 0 aromatic heterocycles. The topological polar surface area (TPSA) is 0 Å². The summed E-state index contributed by atoms with van der Waals surface area (Å²) in [5.41, 5.74) is 1.62. The van der Waals surface area contributed by atoms with E-state index in [9.17, 15) is 0 Å². The predicted octanol–water partition coefficient (Wildman–Crippen LogP) is 2.70. The van der Waals surface area contributed by atoms with Crippen LogP contribution in [0, 0.1) is 16.2 Å². The van der Waals surface area contributed by atoms with Gasteiger partial charge in [0.05, 0.1) is 0 Å². The lowest BCUT2D eigenvalue weighted by Crippen LogP contribution is -1.95. The van der Waals surface area contributed by atoms with Crippen molar-refractivity contribution in [2.75, 3.05) is 0 Å². The molecule has 0 aromatic carbocycles. The molecular weight excluding hydrogens is 119 g/mol. The van der Waals surface area contributed by atoms with Gasteiger partial charge in [-0.25, -0.2) is 0 Å². The van der Waals surface area contributed by atoms with Crippen molar-refractivity contribution in [2.24, 2.45) is 16.2 Å². The van der Waals surface area contributed by atoms with E-state index in [0.717, 1.165) is 0 Å². The van der Waals surface area contributed by atoms with Crippen LogP contribution in [0.5, 0.6) is 0 Å². The molecule has 1 saturated carbocycles. The summed E-state index contributed by atoms with van der Waals surface area (Å²) < 4.78 is 0. The van der Waals surface area contributed by atoms with Gasteiger partial charge in [0.1, 0.15) is 0 Å². The lowest BCUT2D eigenvalue weighted by molar-refractivity contribution is 0.457. The summed E-state index contributed by atoms with van der Waals surface area (Å²) in [6.07, 6.45) is 0. The van der Waals surface area contributed by atoms with Crippen molar-refractivity contribution < 1.29 is 0 Å². The van der Waals surface area contributed by atoms with Crippen molar-refractivity contribution in [3.05, 3.63) is 0 Å². The van der Waals surface area contributed by atoms with Gasteiger partial charge in [-0.2, -0.15) is 0 Å². The summed E-state index contributed by atoms with van der Waals surface area (Å²) in [6.45, 7) is 14.1.